The van der Waals surface area contributed by atoms with Gasteiger partial charge in [-0.2, -0.15) is 5.10 Å². The molecule has 0 atom stereocenters. The molecule has 7 nitrogen and oxygen atoms in total. The van der Waals surface area contributed by atoms with E-state index in [2.05, 4.69) is 15.1 Å². The minimum absolute atomic E-state index is 0.0253. The Morgan fingerprint density at radius 3 is 3.00 bits per heavy atom. The first-order valence-corrected chi connectivity index (χ1v) is 6.91. The number of aromatic nitrogens is 3. The second-order valence-corrected chi connectivity index (χ2v) is 4.96. The molecule has 0 aliphatic heterocycles. The van der Waals surface area contributed by atoms with Crippen molar-refractivity contribution < 1.29 is 9.52 Å². The molecule has 0 radical (unpaired) electrons. The average molecular weight is 310 g/mol. The summed E-state index contributed by atoms with van der Waals surface area (Å²) in [7, 11) is 0. The Kier molecular flexibility index (Phi) is 4.01. The van der Waals surface area contributed by atoms with Gasteiger partial charge < -0.3 is 9.52 Å². The van der Waals surface area contributed by atoms with Crippen molar-refractivity contribution in [2.75, 3.05) is 0 Å². The molecule has 0 aliphatic carbocycles. The Balaban J connectivity index is 1.84. The molecule has 3 rings (SSSR count). The Labute approximate surface area is 131 Å². The van der Waals surface area contributed by atoms with Gasteiger partial charge in [0.2, 0.25) is 0 Å². The third-order valence-electron chi connectivity index (χ3n) is 3.15. The molecule has 7 heteroatoms. The molecule has 2 heterocycles. The molecule has 2 aromatic heterocycles. The lowest BCUT2D eigenvalue weighted by Gasteiger charge is -2.02. The Morgan fingerprint density at radius 2 is 2.26 bits per heavy atom. The molecule has 0 unspecified atom stereocenters. The SMILES string of the molecule is Cc1cc(O)c(C=Nc2cccc(Cn3cncn3)c2)c(=O)o1. The number of benzene rings is 1. The largest absolute Gasteiger partial charge is 0.507 e. The van der Waals surface area contributed by atoms with E-state index in [4.69, 9.17) is 4.42 Å². The zero-order valence-corrected chi connectivity index (χ0v) is 12.4. The number of aromatic hydroxyl groups is 1. The molecule has 1 aromatic carbocycles. The zero-order valence-electron chi connectivity index (χ0n) is 12.4. The fraction of sp³-hybridized carbons (Fsp3) is 0.125. The van der Waals surface area contributed by atoms with Crippen LogP contribution in [0.5, 0.6) is 5.75 Å². The van der Waals surface area contributed by atoms with Crippen LogP contribution in [0.3, 0.4) is 0 Å². The van der Waals surface area contributed by atoms with Crippen LogP contribution in [0.2, 0.25) is 0 Å². The summed E-state index contributed by atoms with van der Waals surface area (Å²) in [6.45, 7) is 2.16. The van der Waals surface area contributed by atoms with Gasteiger partial charge in [0.1, 0.15) is 29.7 Å². The third kappa shape index (κ3) is 3.52. The predicted octanol–water partition coefficient (Wildman–Crippen LogP) is 2.04. The van der Waals surface area contributed by atoms with E-state index >= 15 is 0 Å². The first kappa shape index (κ1) is 14.7. The van der Waals surface area contributed by atoms with Crippen LogP contribution in [0.15, 0.2) is 57.2 Å². The summed E-state index contributed by atoms with van der Waals surface area (Å²) in [6.07, 6.45) is 4.40. The third-order valence-corrected chi connectivity index (χ3v) is 3.15. The van der Waals surface area contributed by atoms with E-state index in [1.54, 1.807) is 24.0 Å². The lowest BCUT2D eigenvalue weighted by molar-refractivity contribution is 0.433. The van der Waals surface area contributed by atoms with E-state index in [9.17, 15) is 9.90 Å². The number of rotatable bonds is 4. The number of hydrogen-bond acceptors (Lipinski definition) is 6. The normalized spacial score (nSPS) is 11.2. The molecule has 116 valence electrons. The summed E-state index contributed by atoms with van der Waals surface area (Å²) < 4.78 is 6.64. The molecule has 0 fully saturated rings. The van der Waals surface area contributed by atoms with Crippen LogP contribution in [0, 0.1) is 6.92 Å². The first-order valence-electron chi connectivity index (χ1n) is 6.91. The van der Waals surface area contributed by atoms with Gasteiger partial charge in [0.25, 0.3) is 0 Å². The van der Waals surface area contributed by atoms with Gasteiger partial charge in [-0.3, -0.25) is 4.99 Å². The molecule has 0 saturated heterocycles. The number of hydrogen-bond donors (Lipinski definition) is 1. The lowest BCUT2D eigenvalue weighted by Crippen LogP contribution is -2.07. The van der Waals surface area contributed by atoms with Crippen LogP contribution < -0.4 is 5.63 Å². The van der Waals surface area contributed by atoms with Gasteiger partial charge in [-0.15, -0.1) is 0 Å². The van der Waals surface area contributed by atoms with E-state index in [0.29, 0.717) is 18.0 Å². The van der Waals surface area contributed by atoms with Crippen LogP contribution in [0.4, 0.5) is 5.69 Å². The van der Waals surface area contributed by atoms with Crippen LogP contribution in [-0.4, -0.2) is 26.1 Å². The molecule has 1 N–H and O–H groups in total. The highest BCUT2D eigenvalue weighted by Gasteiger charge is 2.07. The van der Waals surface area contributed by atoms with E-state index in [-0.39, 0.29) is 11.3 Å². The minimum atomic E-state index is -0.620. The van der Waals surface area contributed by atoms with Gasteiger partial charge in [0, 0.05) is 12.3 Å². The molecular weight excluding hydrogens is 296 g/mol. The van der Waals surface area contributed by atoms with Gasteiger partial charge in [-0.25, -0.2) is 14.5 Å². The summed E-state index contributed by atoms with van der Waals surface area (Å²) in [5.41, 5.74) is 1.05. The van der Waals surface area contributed by atoms with Crippen LogP contribution in [-0.2, 0) is 6.54 Å². The zero-order chi connectivity index (χ0) is 16.2. The highest BCUT2D eigenvalue weighted by molar-refractivity contribution is 5.84. The van der Waals surface area contributed by atoms with Gasteiger partial charge in [0.15, 0.2) is 0 Å². The summed E-state index contributed by atoms with van der Waals surface area (Å²) in [6, 6.07) is 8.85. The Bertz CT molecular complexity index is 898. The highest BCUT2D eigenvalue weighted by atomic mass is 16.4. The summed E-state index contributed by atoms with van der Waals surface area (Å²) in [5, 5.41) is 13.9. The summed E-state index contributed by atoms with van der Waals surface area (Å²) in [5.74, 6) is 0.195. The minimum Gasteiger partial charge on any atom is -0.507 e. The molecule has 3 aromatic rings. The lowest BCUT2D eigenvalue weighted by atomic mass is 10.2. The second kappa shape index (κ2) is 6.27. The van der Waals surface area contributed by atoms with Gasteiger partial charge >= 0.3 is 5.63 Å². The van der Waals surface area contributed by atoms with Crippen molar-refractivity contribution in [3.05, 3.63) is 70.3 Å². The monoisotopic (exact) mass is 310 g/mol. The molecule has 0 spiro atoms. The summed E-state index contributed by atoms with van der Waals surface area (Å²) >= 11 is 0. The average Bonchev–Trinajstić information content (AvgIpc) is 2.99. The molecule has 23 heavy (non-hydrogen) atoms. The van der Waals surface area contributed by atoms with Crippen LogP contribution in [0.1, 0.15) is 16.9 Å². The number of aliphatic imine (C=N–C) groups is 1. The van der Waals surface area contributed by atoms with E-state index in [1.807, 2.05) is 18.2 Å². The van der Waals surface area contributed by atoms with Gasteiger partial charge in [-0.05, 0) is 24.6 Å². The standard InChI is InChI=1S/C16H14N4O3/c1-11-5-15(21)14(16(22)23-11)7-18-13-4-2-3-12(6-13)8-20-10-17-9-19-20/h2-7,9-10,21H,8H2,1H3. The maximum Gasteiger partial charge on any atom is 0.348 e. The predicted molar refractivity (Wildman–Crippen MR) is 84.2 cm³/mol. The topological polar surface area (TPSA) is 93.5 Å². The van der Waals surface area contributed by atoms with Gasteiger partial charge in [-0.1, -0.05) is 12.1 Å². The van der Waals surface area contributed by atoms with Gasteiger partial charge in [0.05, 0.1) is 12.2 Å². The molecule has 0 bridgehead atoms. The van der Waals surface area contributed by atoms with Crippen molar-refractivity contribution in [2.24, 2.45) is 4.99 Å². The van der Waals surface area contributed by atoms with E-state index in [0.717, 1.165) is 5.56 Å². The van der Waals surface area contributed by atoms with Crippen molar-refractivity contribution in [2.45, 2.75) is 13.5 Å². The van der Waals surface area contributed by atoms with E-state index in [1.165, 1.54) is 18.6 Å². The molecule has 0 saturated carbocycles. The molecular formula is C16H14N4O3. The Hall–Kier alpha value is -3.22. The van der Waals surface area contributed by atoms with Crippen molar-refractivity contribution in [1.82, 2.24) is 14.8 Å². The highest BCUT2D eigenvalue weighted by Crippen LogP contribution is 2.17. The van der Waals surface area contributed by atoms with Crippen molar-refractivity contribution in [3.63, 3.8) is 0 Å². The van der Waals surface area contributed by atoms with Crippen molar-refractivity contribution >= 4 is 11.9 Å². The molecule has 0 aliphatic rings. The van der Waals surface area contributed by atoms with Crippen molar-refractivity contribution in [3.8, 4) is 5.75 Å². The van der Waals surface area contributed by atoms with Crippen LogP contribution in [0.25, 0.3) is 0 Å². The second-order valence-electron chi connectivity index (χ2n) is 4.96. The number of nitrogens with zero attached hydrogens (tertiary/aromatic N) is 4. The quantitative estimate of drug-likeness (QED) is 0.744. The first-order chi connectivity index (χ1) is 11.1. The fourth-order valence-corrected chi connectivity index (χ4v) is 2.10. The fourth-order valence-electron chi connectivity index (χ4n) is 2.10. The van der Waals surface area contributed by atoms with Crippen molar-refractivity contribution in [1.29, 1.82) is 0 Å². The van der Waals surface area contributed by atoms with Crippen LogP contribution >= 0.6 is 0 Å². The van der Waals surface area contributed by atoms with E-state index < -0.39 is 5.63 Å². The maximum absolute atomic E-state index is 11.7. The summed E-state index contributed by atoms with van der Waals surface area (Å²) in [4.78, 5) is 19.8. The smallest absolute Gasteiger partial charge is 0.348 e. The molecule has 0 amide bonds. The Morgan fingerprint density at radius 1 is 1.39 bits per heavy atom. The number of aryl methyl sites for hydroxylation is 1. The maximum atomic E-state index is 11.7.